The first kappa shape index (κ1) is 16.7. The van der Waals surface area contributed by atoms with E-state index in [2.05, 4.69) is 5.32 Å². The van der Waals surface area contributed by atoms with E-state index in [0.717, 1.165) is 16.6 Å². The van der Waals surface area contributed by atoms with E-state index in [9.17, 15) is 17.6 Å². The number of carbonyl (C=O) groups excluding carboxylic acids is 1. The first-order valence-electron chi connectivity index (χ1n) is 5.88. The normalized spacial score (nSPS) is 12.8. The number of carbonyl (C=O) groups is 1. The minimum absolute atomic E-state index is 0.148. The molecule has 1 amide bonds. The molecule has 0 bridgehead atoms. The SMILES string of the molecule is CC[C@@H](C(=O)NC)N(c1ccc(F)c(Cl)c1)S(C)(=O)=O. The summed E-state index contributed by atoms with van der Waals surface area (Å²) in [7, 11) is -2.30. The molecule has 1 atom stereocenters. The Morgan fingerprint density at radius 2 is 2.10 bits per heavy atom. The second-order valence-electron chi connectivity index (χ2n) is 4.20. The number of sulfonamides is 1. The number of likely N-dealkylation sites (N-methyl/N-ethyl adjacent to an activating group) is 1. The first-order chi connectivity index (χ1) is 9.22. The zero-order valence-corrected chi connectivity index (χ0v) is 12.9. The van der Waals surface area contributed by atoms with Crippen LogP contribution in [0.2, 0.25) is 5.02 Å². The summed E-state index contributed by atoms with van der Waals surface area (Å²) in [5, 5.41) is 2.21. The van der Waals surface area contributed by atoms with Gasteiger partial charge in [0.1, 0.15) is 11.9 Å². The quantitative estimate of drug-likeness (QED) is 0.898. The summed E-state index contributed by atoms with van der Waals surface area (Å²) in [6, 6.07) is 2.60. The lowest BCUT2D eigenvalue weighted by Gasteiger charge is -2.29. The van der Waals surface area contributed by atoms with Crippen molar-refractivity contribution in [1.29, 1.82) is 0 Å². The highest BCUT2D eigenvalue weighted by molar-refractivity contribution is 7.92. The predicted molar refractivity (Wildman–Crippen MR) is 76.9 cm³/mol. The lowest BCUT2D eigenvalue weighted by molar-refractivity contribution is -0.121. The highest BCUT2D eigenvalue weighted by atomic mass is 35.5. The molecule has 8 heteroatoms. The van der Waals surface area contributed by atoms with Gasteiger partial charge in [0.05, 0.1) is 17.0 Å². The van der Waals surface area contributed by atoms with Gasteiger partial charge >= 0.3 is 0 Å². The Labute approximate surface area is 122 Å². The van der Waals surface area contributed by atoms with E-state index in [4.69, 9.17) is 11.6 Å². The molecule has 0 radical (unpaired) electrons. The van der Waals surface area contributed by atoms with Crippen molar-refractivity contribution in [1.82, 2.24) is 5.32 Å². The average Bonchev–Trinajstić information content (AvgIpc) is 2.37. The molecule has 0 fully saturated rings. The number of hydrogen-bond donors (Lipinski definition) is 1. The van der Waals surface area contributed by atoms with Crippen molar-refractivity contribution in [3.63, 3.8) is 0 Å². The van der Waals surface area contributed by atoms with Gasteiger partial charge in [-0.15, -0.1) is 0 Å². The van der Waals surface area contributed by atoms with Crippen molar-refractivity contribution in [2.45, 2.75) is 19.4 Å². The maximum atomic E-state index is 13.2. The standard InChI is InChI=1S/C12H16ClFN2O3S/c1-4-11(12(17)15-2)16(20(3,18)19)8-5-6-10(14)9(13)7-8/h5-7,11H,4H2,1-3H3,(H,15,17)/t11-/m0/s1. The number of rotatable bonds is 5. The summed E-state index contributed by atoms with van der Waals surface area (Å²) in [6.45, 7) is 1.68. The number of halogens is 2. The number of anilines is 1. The van der Waals surface area contributed by atoms with Crippen molar-refractivity contribution in [3.8, 4) is 0 Å². The fourth-order valence-electron chi connectivity index (χ4n) is 1.85. The van der Waals surface area contributed by atoms with E-state index in [1.54, 1.807) is 6.92 Å². The summed E-state index contributed by atoms with van der Waals surface area (Å²) < 4.78 is 38.0. The Morgan fingerprint density at radius 1 is 1.50 bits per heavy atom. The van der Waals surface area contributed by atoms with Crippen LogP contribution in [0.25, 0.3) is 0 Å². The molecule has 0 saturated heterocycles. The first-order valence-corrected chi connectivity index (χ1v) is 8.11. The summed E-state index contributed by atoms with van der Waals surface area (Å²) in [6.07, 6.45) is 1.25. The van der Waals surface area contributed by atoms with E-state index >= 15 is 0 Å². The number of nitrogens with zero attached hydrogens (tertiary/aromatic N) is 1. The number of amides is 1. The minimum atomic E-state index is -3.72. The molecule has 0 saturated carbocycles. The highest BCUT2D eigenvalue weighted by Gasteiger charge is 2.31. The summed E-state index contributed by atoms with van der Waals surface area (Å²) in [5.41, 5.74) is 0.148. The Balaban J connectivity index is 3.39. The fourth-order valence-corrected chi connectivity index (χ4v) is 3.23. The van der Waals surface area contributed by atoms with Crippen molar-refractivity contribution >= 4 is 33.2 Å². The van der Waals surface area contributed by atoms with Gasteiger partial charge in [0.15, 0.2) is 0 Å². The molecule has 0 aliphatic heterocycles. The molecule has 0 aliphatic carbocycles. The molecule has 20 heavy (non-hydrogen) atoms. The molecule has 0 aliphatic rings. The molecular weight excluding hydrogens is 307 g/mol. The molecule has 0 heterocycles. The maximum absolute atomic E-state index is 13.2. The second-order valence-corrected chi connectivity index (χ2v) is 6.46. The number of hydrogen-bond acceptors (Lipinski definition) is 3. The van der Waals surface area contributed by atoms with Crippen LogP contribution in [0.5, 0.6) is 0 Å². The van der Waals surface area contributed by atoms with Gasteiger partial charge in [-0.2, -0.15) is 0 Å². The van der Waals surface area contributed by atoms with Crippen molar-refractivity contribution in [2.75, 3.05) is 17.6 Å². The van der Waals surface area contributed by atoms with Gasteiger partial charge in [-0.25, -0.2) is 12.8 Å². The van der Waals surface area contributed by atoms with Gasteiger partial charge in [-0.3, -0.25) is 9.10 Å². The number of benzene rings is 1. The summed E-state index contributed by atoms with van der Waals surface area (Å²) in [4.78, 5) is 11.8. The molecule has 0 spiro atoms. The molecule has 1 aromatic carbocycles. The van der Waals surface area contributed by atoms with Gasteiger partial charge in [0, 0.05) is 7.05 Å². The molecular formula is C12H16ClFN2O3S. The molecule has 1 rings (SSSR count). The molecule has 0 aromatic heterocycles. The zero-order valence-electron chi connectivity index (χ0n) is 11.4. The van der Waals surface area contributed by atoms with Crippen LogP contribution in [0.1, 0.15) is 13.3 Å². The van der Waals surface area contributed by atoms with E-state index < -0.39 is 27.8 Å². The van der Waals surface area contributed by atoms with Crippen LogP contribution in [0.15, 0.2) is 18.2 Å². The van der Waals surface area contributed by atoms with E-state index in [-0.39, 0.29) is 17.1 Å². The maximum Gasteiger partial charge on any atom is 0.243 e. The molecule has 1 N–H and O–H groups in total. The molecule has 1 aromatic rings. The van der Waals surface area contributed by atoms with Crippen LogP contribution in [0, 0.1) is 5.82 Å². The predicted octanol–water partition coefficient (Wildman–Crippen LogP) is 1.77. The molecule has 0 unspecified atom stereocenters. The largest absolute Gasteiger partial charge is 0.357 e. The van der Waals surface area contributed by atoms with Crippen LogP contribution in [0.4, 0.5) is 10.1 Å². The second kappa shape index (κ2) is 6.41. The third-order valence-electron chi connectivity index (χ3n) is 2.73. The Kier molecular flexibility index (Phi) is 5.35. The van der Waals surface area contributed by atoms with Crippen LogP contribution >= 0.6 is 11.6 Å². The van der Waals surface area contributed by atoms with Crippen molar-refractivity contribution in [3.05, 3.63) is 29.0 Å². The third kappa shape index (κ3) is 3.61. The van der Waals surface area contributed by atoms with Gasteiger partial charge in [0.25, 0.3) is 0 Å². The smallest absolute Gasteiger partial charge is 0.243 e. The van der Waals surface area contributed by atoms with Gasteiger partial charge in [-0.1, -0.05) is 18.5 Å². The lowest BCUT2D eigenvalue weighted by atomic mass is 10.2. The van der Waals surface area contributed by atoms with Crippen LogP contribution < -0.4 is 9.62 Å². The Bertz CT molecular complexity index is 607. The molecule has 5 nitrogen and oxygen atoms in total. The molecule has 112 valence electrons. The van der Waals surface area contributed by atoms with Gasteiger partial charge in [-0.05, 0) is 24.6 Å². The minimum Gasteiger partial charge on any atom is -0.357 e. The lowest BCUT2D eigenvalue weighted by Crippen LogP contribution is -2.48. The fraction of sp³-hybridized carbons (Fsp3) is 0.417. The van der Waals surface area contributed by atoms with Crippen LogP contribution in [-0.2, 0) is 14.8 Å². The van der Waals surface area contributed by atoms with Crippen molar-refractivity contribution < 1.29 is 17.6 Å². The Hall–Kier alpha value is -1.34. The van der Waals surface area contributed by atoms with E-state index in [0.29, 0.717) is 0 Å². The number of nitrogens with one attached hydrogen (secondary N) is 1. The zero-order chi connectivity index (χ0) is 15.5. The third-order valence-corrected chi connectivity index (χ3v) is 4.20. The summed E-state index contributed by atoms with van der Waals surface area (Å²) >= 11 is 5.67. The van der Waals surface area contributed by atoms with Gasteiger partial charge in [0.2, 0.25) is 15.9 Å². The van der Waals surface area contributed by atoms with Gasteiger partial charge < -0.3 is 5.32 Å². The summed E-state index contributed by atoms with van der Waals surface area (Å²) in [5.74, 6) is -1.10. The van der Waals surface area contributed by atoms with Crippen molar-refractivity contribution in [2.24, 2.45) is 0 Å². The topological polar surface area (TPSA) is 66.5 Å². The van der Waals surface area contributed by atoms with E-state index in [1.165, 1.54) is 19.2 Å². The average molecular weight is 323 g/mol. The Morgan fingerprint density at radius 3 is 2.50 bits per heavy atom. The highest BCUT2D eigenvalue weighted by Crippen LogP contribution is 2.27. The monoisotopic (exact) mass is 322 g/mol. The van der Waals surface area contributed by atoms with E-state index in [1.807, 2.05) is 0 Å². The van der Waals surface area contributed by atoms with Crippen LogP contribution in [0.3, 0.4) is 0 Å². The van der Waals surface area contributed by atoms with Crippen LogP contribution in [-0.4, -0.2) is 33.7 Å².